The fourth-order valence-electron chi connectivity index (χ4n) is 10.2. The molecule has 4 fully saturated rings. The third-order valence-corrected chi connectivity index (χ3v) is 15.8. The number of halogens is 3. The molecule has 4 saturated heterocycles. The number of aromatic nitrogens is 4. The molecule has 68 heavy (non-hydrogen) atoms. The Balaban J connectivity index is 0.793. The van der Waals surface area contributed by atoms with Crippen LogP contribution in [0.4, 0.5) is 43.3 Å². The number of hydrogen-bond donors (Lipinski definition) is 3. The summed E-state index contributed by atoms with van der Waals surface area (Å²) in [5.41, 5.74) is 4.89. The van der Waals surface area contributed by atoms with Gasteiger partial charge in [-0.3, -0.25) is 34.6 Å². The molecule has 16 nitrogen and oxygen atoms in total. The van der Waals surface area contributed by atoms with E-state index in [2.05, 4.69) is 75.7 Å². The zero-order valence-electron chi connectivity index (χ0n) is 38.5. The van der Waals surface area contributed by atoms with Gasteiger partial charge < -0.3 is 34.6 Å². The number of carbonyl (C=O) groups is 3. The number of fused-ring (bicyclic) bond motifs is 1. The molecule has 2 aromatic heterocycles. The summed E-state index contributed by atoms with van der Waals surface area (Å²) in [5.74, 6) is -2.57. The van der Waals surface area contributed by atoms with Crippen LogP contribution >= 0.6 is 23.1 Å². The third-order valence-electron chi connectivity index (χ3n) is 13.7. The van der Waals surface area contributed by atoms with E-state index in [4.69, 9.17) is 9.72 Å². The van der Waals surface area contributed by atoms with E-state index in [0.717, 1.165) is 62.4 Å². The predicted octanol–water partition coefficient (Wildman–Crippen LogP) is 6.93. The normalized spacial score (nSPS) is 19.7. The number of imide groups is 1. The maximum atomic E-state index is 15.3. The number of carbonyl (C=O) groups excluding carboxylic acids is 3. The lowest BCUT2D eigenvalue weighted by molar-refractivity contribution is -0.137. The molecule has 2 atom stereocenters. The molecule has 6 heterocycles. The number of ether oxygens (including phenoxy) is 1. The van der Waals surface area contributed by atoms with Crippen molar-refractivity contribution in [2.75, 3.05) is 93.2 Å². The van der Waals surface area contributed by atoms with Gasteiger partial charge in [0.05, 0.1) is 45.6 Å². The fraction of sp³-hybridized carbons (Fsp3) is 0.438. The average Bonchev–Trinajstić information content (AvgIpc) is 3.83. The summed E-state index contributed by atoms with van der Waals surface area (Å²) in [6, 6.07) is 10.7. The Morgan fingerprint density at radius 2 is 1.62 bits per heavy atom. The molecule has 3 N–H and O–H groups in total. The Labute approximate surface area is 402 Å². The monoisotopic (exact) mass is 1010 g/mol. The van der Waals surface area contributed by atoms with Crippen molar-refractivity contribution in [3.05, 3.63) is 82.2 Å². The van der Waals surface area contributed by atoms with Crippen molar-refractivity contribution in [1.82, 2.24) is 35.1 Å². The molecule has 4 aliphatic rings. The van der Waals surface area contributed by atoms with Crippen LogP contribution in [-0.4, -0.2) is 126 Å². The predicted molar refractivity (Wildman–Crippen MR) is 262 cm³/mol. The lowest BCUT2D eigenvalue weighted by Gasteiger charge is -2.44. The molecule has 0 spiro atoms. The lowest BCUT2D eigenvalue weighted by atomic mass is 9.89. The number of methoxy groups -OCH3 is 1. The van der Waals surface area contributed by atoms with E-state index in [1.54, 1.807) is 39.0 Å². The van der Waals surface area contributed by atoms with Gasteiger partial charge in [0.15, 0.2) is 0 Å². The summed E-state index contributed by atoms with van der Waals surface area (Å²) in [4.78, 5) is 64.6. The van der Waals surface area contributed by atoms with Gasteiger partial charge >= 0.3 is 0 Å². The van der Waals surface area contributed by atoms with E-state index in [-0.39, 0.29) is 30.2 Å². The fourth-order valence-corrected chi connectivity index (χ4v) is 11.9. The van der Waals surface area contributed by atoms with Gasteiger partial charge in [0.1, 0.15) is 35.9 Å². The molecule has 5 aromatic rings. The SMILES string of the molecule is CCc1cc(Nc2ncc(Br)c(Nc3ccc4nccnc4c3P(C)(C)=O)n2)c(OC)cc1N1CCC(N2CCN(C(=O)[C@@H]3CCN(c4cc(F)c(C5CCC(=O)NC5=O)c(F)c4)C3)CC2)CC1. The van der Waals surface area contributed by atoms with Crippen molar-refractivity contribution in [3.8, 4) is 5.75 Å². The van der Waals surface area contributed by atoms with Crippen molar-refractivity contribution >= 4 is 91.6 Å². The van der Waals surface area contributed by atoms with Crippen LogP contribution in [0, 0.1) is 17.6 Å². The maximum absolute atomic E-state index is 15.3. The van der Waals surface area contributed by atoms with E-state index in [1.807, 2.05) is 21.9 Å². The van der Waals surface area contributed by atoms with Crippen LogP contribution in [0.3, 0.4) is 0 Å². The molecule has 3 amide bonds. The Hall–Kier alpha value is -5.78. The quantitative estimate of drug-likeness (QED) is 0.0866. The second-order valence-electron chi connectivity index (χ2n) is 18.2. The number of hydrogen-bond acceptors (Lipinski definition) is 14. The molecule has 0 saturated carbocycles. The molecule has 4 aliphatic heterocycles. The molecule has 358 valence electrons. The largest absolute Gasteiger partial charge is 0.494 e. The molecule has 20 heteroatoms. The molecular formula is C48H55BrF2N11O5P. The number of benzene rings is 3. The minimum Gasteiger partial charge on any atom is -0.494 e. The number of nitrogens with zero attached hydrogens (tertiary/aromatic N) is 8. The summed E-state index contributed by atoms with van der Waals surface area (Å²) in [6.45, 7) is 11.0. The first-order valence-electron chi connectivity index (χ1n) is 23.1. The zero-order chi connectivity index (χ0) is 47.9. The maximum Gasteiger partial charge on any atom is 0.234 e. The number of piperazine rings is 1. The van der Waals surface area contributed by atoms with Crippen molar-refractivity contribution in [3.63, 3.8) is 0 Å². The third kappa shape index (κ3) is 9.74. The first-order valence-corrected chi connectivity index (χ1v) is 26.5. The van der Waals surface area contributed by atoms with E-state index < -0.39 is 36.5 Å². The number of nitrogens with one attached hydrogen (secondary N) is 3. The van der Waals surface area contributed by atoms with E-state index >= 15 is 8.78 Å². The Morgan fingerprint density at radius 3 is 2.31 bits per heavy atom. The highest BCUT2D eigenvalue weighted by atomic mass is 79.9. The highest BCUT2D eigenvalue weighted by Gasteiger charge is 2.37. The van der Waals surface area contributed by atoms with Gasteiger partial charge in [0, 0.05) is 106 Å². The number of piperidine rings is 2. The van der Waals surface area contributed by atoms with Crippen LogP contribution in [0.25, 0.3) is 11.0 Å². The molecule has 3 aromatic carbocycles. The minimum absolute atomic E-state index is 0.0253. The Morgan fingerprint density at radius 1 is 0.897 bits per heavy atom. The van der Waals surface area contributed by atoms with Crippen molar-refractivity contribution in [2.24, 2.45) is 5.92 Å². The van der Waals surface area contributed by atoms with E-state index in [1.165, 1.54) is 12.1 Å². The zero-order valence-corrected chi connectivity index (χ0v) is 41.0. The summed E-state index contributed by atoms with van der Waals surface area (Å²) >= 11 is 3.58. The first-order chi connectivity index (χ1) is 32.7. The average molecular weight is 1010 g/mol. The summed E-state index contributed by atoms with van der Waals surface area (Å²) < 4.78 is 50.7. The van der Waals surface area contributed by atoms with Gasteiger partial charge in [-0.25, -0.2) is 13.8 Å². The summed E-state index contributed by atoms with van der Waals surface area (Å²) in [6.07, 6.45) is 8.29. The highest BCUT2D eigenvalue weighted by Crippen LogP contribution is 2.42. The Bertz CT molecular complexity index is 2800. The highest BCUT2D eigenvalue weighted by molar-refractivity contribution is 9.10. The van der Waals surface area contributed by atoms with E-state index in [9.17, 15) is 18.9 Å². The lowest BCUT2D eigenvalue weighted by Crippen LogP contribution is -2.55. The number of aryl methyl sites for hydroxylation is 1. The van der Waals surface area contributed by atoms with Gasteiger partial charge in [-0.2, -0.15) is 4.98 Å². The van der Waals surface area contributed by atoms with Gasteiger partial charge in [-0.05, 0) is 97.3 Å². The molecule has 9 rings (SSSR count). The van der Waals surface area contributed by atoms with Crippen molar-refractivity contribution in [1.29, 1.82) is 0 Å². The molecule has 0 radical (unpaired) electrons. The summed E-state index contributed by atoms with van der Waals surface area (Å²) in [7, 11) is -1.15. The Kier molecular flexibility index (Phi) is 13.7. The topological polar surface area (TPSA) is 178 Å². The molecule has 0 bridgehead atoms. The number of amides is 3. The van der Waals surface area contributed by atoms with Gasteiger partial charge in [0.2, 0.25) is 23.7 Å². The van der Waals surface area contributed by atoms with Gasteiger partial charge in [-0.1, -0.05) is 6.92 Å². The van der Waals surface area contributed by atoms with Crippen LogP contribution in [0.1, 0.15) is 56.1 Å². The summed E-state index contributed by atoms with van der Waals surface area (Å²) in [5, 5.41) is 9.51. The first kappa shape index (κ1) is 47.3. The minimum atomic E-state index is -2.80. The van der Waals surface area contributed by atoms with Crippen molar-refractivity contribution in [2.45, 2.75) is 57.4 Å². The molecular weight excluding hydrogens is 959 g/mol. The van der Waals surface area contributed by atoms with Crippen LogP contribution in [0.2, 0.25) is 0 Å². The second kappa shape index (κ2) is 19.7. The van der Waals surface area contributed by atoms with Crippen LogP contribution in [0.15, 0.2) is 59.5 Å². The standard InChI is InChI=1S/C48H55BrF2N11O5P/c1-5-28-22-38(56-48-54-26-33(49)45(58-48)55-37-8-7-36-43(53-14-13-52-36)44(37)68(3,4)66)40(67-2)25-39(28)60-16-11-30(12-17-60)59-18-20-61(21-19-59)47(65)29-10-15-62(27-29)31-23-34(50)42(35(51)24-31)32-6-9-41(63)57-46(32)64/h7-8,13-14,22-26,29-30,32H,5-6,9-12,15-21,27H2,1-4H3,(H,57,63,64)(H2,54,55,56,58)/t29-,32?/m1/s1. The van der Waals surface area contributed by atoms with E-state index in [0.29, 0.717) is 88.3 Å². The van der Waals surface area contributed by atoms with Gasteiger partial charge in [-0.15, -0.1) is 0 Å². The number of anilines is 6. The van der Waals surface area contributed by atoms with Crippen LogP contribution in [0.5, 0.6) is 5.75 Å². The van der Waals surface area contributed by atoms with Crippen LogP contribution < -0.4 is 35.8 Å². The number of rotatable bonds is 12. The van der Waals surface area contributed by atoms with Crippen molar-refractivity contribution < 1.29 is 32.5 Å². The molecule has 1 unspecified atom stereocenters. The van der Waals surface area contributed by atoms with Gasteiger partial charge in [0.25, 0.3) is 0 Å². The van der Waals surface area contributed by atoms with Crippen LogP contribution in [-0.2, 0) is 25.4 Å². The molecule has 0 aliphatic carbocycles. The smallest absolute Gasteiger partial charge is 0.234 e. The second-order valence-corrected chi connectivity index (χ2v) is 22.3.